The second-order valence-electron chi connectivity index (χ2n) is 13.9. The smallest absolute Gasteiger partial charge is 0.421 e. The number of para-hydroxylation sites is 1. The number of carbonyl (C=O) groups excluding carboxylic acids is 1. The van der Waals surface area contributed by atoms with Crippen LogP contribution >= 0.6 is 0 Å². The number of nitrogens with zero attached hydrogens (tertiary/aromatic N) is 4. The van der Waals surface area contributed by atoms with E-state index in [4.69, 9.17) is 4.74 Å². The van der Waals surface area contributed by atoms with Crippen LogP contribution in [0.1, 0.15) is 53.6 Å². The van der Waals surface area contributed by atoms with E-state index in [1.54, 1.807) is 26.2 Å². The molecule has 2 aromatic carbocycles. The lowest BCUT2D eigenvalue weighted by atomic mass is 9.52. The fourth-order valence-electron chi connectivity index (χ4n) is 8.95. The van der Waals surface area contributed by atoms with Crippen LogP contribution in [0.15, 0.2) is 42.6 Å². The molecule has 4 saturated carbocycles. The van der Waals surface area contributed by atoms with Crippen LogP contribution in [0.4, 0.5) is 42.0 Å². The number of aliphatic hydroxyl groups is 1. The molecular formula is C35H42F3N7O3. The van der Waals surface area contributed by atoms with Crippen molar-refractivity contribution in [3.63, 3.8) is 0 Å². The van der Waals surface area contributed by atoms with Crippen molar-refractivity contribution >= 4 is 34.7 Å². The summed E-state index contributed by atoms with van der Waals surface area (Å²) in [5.74, 6) is 1.38. The Morgan fingerprint density at radius 2 is 1.77 bits per heavy atom. The highest BCUT2D eigenvalue weighted by Crippen LogP contribution is 2.57. The van der Waals surface area contributed by atoms with Gasteiger partial charge in [0.05, 0.1) is 29.6 Å². The molecule has 4 bridgehead atoms. The number of alkyl halides is 3. The first-order valence-corrected chi connectivity index (χ1v) is 16.6. The highest BCUT2D eigenvalue weighted by molar-refractivity contribution is 6.00. The first kappa shape index (κ1) is 32.4. The molecule has 256 valence electrons. The standard InChI is InChI=1S/C35H42F3N7O3/c1-20-5-4-6-25(32(46)39-2)29(20)42-31-26(35(36,37)38)19-40-33(43-31)41-27-8-7-24(15-28(27)48-3)44-9-11-45(12-10-44)30-22-13-21-14-23(30)18-34(47,16-21)17-22/h4-8,15,19,21-23,30,47H,9-14,16-18H2,1-3H3,(H,39,46)(H2,40,41,42,43)/t21?,22?,23?,30-,34-. The number of nitrogens with one attached hydrogen (secondary N) is 3. The molecule has 1 aliphatic heterocycles. The lowest BCUT2D eigenvalue weighted by Gasteiger charge is -2.61. The summed E-state index contributed by atoms with van der Waals surface area (Å²) in [6.45, 7) is 5.35. The SMILES string of the molecule is CNC(=O)c1cccc(C)c1Nc1nc(Nc2ccc(N3CCN([C@H]4C5CC6CC4C[C@](O)(C6)C5)CC3)cc2OC)ncc1C(F)(F)F. The number of hydrogen-bond acceptors (Lipinski definition) is 9. The molecule has 5 fully saturated rings. The van der Waals surface area contributed by atoms with E-state index in [1.165, 1.54) is 26.0 Å². The van der Waals surface area contributed by atoms with Crippen molar-refractivity contribution in [1.29, 1.82) is 0 Å². The first-order chi connectivity index (χ1) is 22.9. The number of hydrogen-bond donors (Lipinski definition) is 4. The normalized spacial score (nSPS) is 26.8. The van der Waals surface area contributed by atoms with Crippen molar-refractivity contribution in [2.24, 2.45) is 17.8 Å². The second kappa shape index (κ2) is 12.4. The number of piperazine rings is 1. The van der Waals surface area contributed by atoms with Crippen LogP contribution in [0.3, 0.4) is 0 Å². The van der Waals surface area contributed by atoms with Gasteiger partial charge in [-0.2, -0.15) is 18.2 Å². The Balaban J connectivity index is 1.07. The van der Waals surface area contributed by atoms with Crippen molar-refractivity contribution in [3.8, 4) is 5.75 Å². The number of ether oxygens (including phenoxy) is 1. The van der Waals surface area contributed by atoms with Crippen LogP contribution in [0.2, 0.25) is 0 Å². The van der Waals surface area contributed by atoms with Gasteiger partial charge in [0.2, 0.25) is 5.95 Å². The Morgan fingerprint density at radius 1 is 1.04 bits per heavy atom. The minimum absolute atomic E-state index is 0.0689. The molecule has 3 aromatic rings. The fourth-order valence-corrected chi connectivity index (χ4v) is 8.95. The molecule has 0 spiro atoms. The molecule has 2 heterocycles. The molecule has 1 amide bonds. The fraction of sp³-hybridized carbons (Fsp3) is 0.514. The molecular weight excluding hydrogens is 623 g/mol. The summed E-state index contributed by atoms with van der Waals surface area (Å²) in [6.07, 6.45) is 1.36. The van der Waals surface area contributed by atoms with E-state index in [2.05, 4.69) is 35.7 Å². The van der Waals surface area contributed by atoms with Gasteiger partial charge in [-0.3, -0.25) is 9.69 Å². The summed E-state index contributed by atoms with van der Waals surface area (Å²) in [4.78, 5) is 25.6. The van der Waals surface area contributed by atoms with Crippen molar-refractivity contribution in [2.45, 2.75) is 56.8 Å². The maximum atomic E-state index is 14.0. The topological polar surface area (TPSA) is 115 Å². The van der Waals surface area contributed by atoms with Crippen LogP contribution < -0.4 is 25.6 Å². The zero-order valence-corrected chi connectivity index (χ0v) is 27.4. The number of carbonyl (C=O) groups is 1. The van der Waals surface area contributed by atoms with Crippen molar-refractivity contribution < 1.29 is 27.8 Å². The van der Waals surface area contributed by atoms with Gasteiger partial charge in [-0.05, 0) is 80.5 Å². The summed E-state index contributed by atoms with van der Waals surface area (Å²) in [5.41, 5.74) is 0.981. The summed E-state index contributed by atoms with van der Waals surface area (Å²) in [7, 11) is 3.00. The van der Waals surface area contributed by atoms with E-state index in [9.17, 15) is 23.1 Å². The molecule has 4 N–H and O–H groups in total. The summed E-state index contributed by atoms with van der Waals surface area (Å²) in [5, 5.41) is 19.3. The second-order valence-corrected chi connectivity index (χ2v) is 13.9. The third kappa shape index (κ3) is 6.13. The Morgan fingerprint density at radius 3 is 2.42 bits per heavy atom. The third-order valence-electron chi connectivity index (χ3n) is 10.8. The van der Waals surface area contributed by atoms with Crippen LogP contribution in [0.5, 0.6) is 5.75 Å². The Kier molecular flexibility index (Phi) is 8.39. The van der Waals surface area contributed by atoms with E-state index < -0.39 is 29.1 Å². The van der Waals surface area contributed by atoms with Gasteiger partial charge >= 0.3 is 6.18 Å². The first-order valence-electron chi connectivity index (χ1n) is 16.6. The predicted octanol–water partition coefficient (Wildman–Crippen LogP) is 5.72. The number of aromatic nitrogens is 2. The van der Waals surface area contributed by atoms with Gasteiger partial charge in [-0.1, -0.05) is 12.1 Å². The van der Waals surface area contributed by atoms with Gasteiger partial charge in [0.25, 0.3) is 5.91 Å². The van der Waals surface area contributed by atoms with Gasteiger partial charge in [0.15, 0.2) is 0 Å². The van der Waals surface area contributed by atoms with Gasteiger partial charge in [-0.15, -0.1) is 0 Å². The largest absolute Gasteiger partial charge is 0.494 e. The molecule has 2 atom stereocenters. The Labute approximate surface area is 278 Å². The number of rotatable bonds is 8. The van der Waals surface area contributed by atoms with E-state index >= 15 is 0 Å². The zero-order chi connectivity index (χ0) is 33.8. The summed E-state index contributed by atoms with van der Waals surface area (Å²) >= 11 is 0. The number of benzene rings is 2. The number of amides is 1. The van der Waals surface area contributed by atoms with Gasteiger partial charge < -0.3 is 30.7 Å². The molecule has 5 aliphatic rings. The van der Waals surface area contributed by atoms with Crippen LogP contribution in [-0.4, -0.2) is 77.9 Å². The number of halogens is 3. The van der Waals surface area contributed by atoms with E-state index in [0.29, 0.717) is 40.8 Å². The molecule has 48 heavy (non-hydrogen) atoms. The van der Waals surface area contributed by atoms with Gasteiger partial charge in [-0.25, -0.2) is 4.98 Å². The molecule has 0 radical (unpaired) electrons. The highest BCUT2D eigenvalue weighted by atomic mass is 19.4. The molecule has 8 rings (SSSR count). The third-order valence-corrected chi connectivity index (χ3v) is 10.8. The Bertz CT molecular complexity index is 1680. The maximum Gasteiger partial charge on any atom is 0.421 e. The average molecular weight is 666 g/mol. The molecule has 4 aliphatic carbocycles. The summed E-state index contributed by atoms with van der Waals surface area (Å²) in [6, 6.07) is 11.2. The lowest BCUT2D eigenvalue weighted by molar-refractivity contribution is -0.160. The lowest BCUT2D eigenvalue weighted by Crippen LogP contribution is -2.64. The van der Waals surface area contributed by atoms with Crippen molar-refractivity contribution in [1.82, 2.24) is 20.2 Å². The van der Waals surface area contributed by atoms with Crippen LogP contribution in [-0.2, 0) is 6.18 Å². The zero-order valence-electron chi connectivity index (χ0n) is 27.4. The molecule has 1 saturated heterocycles. The Hall–Kier alpha value is -4.10. The van der Waals surface area contributed by atoms with Crippen LogP contribution in [0, 0.1) is 24.7 Å². The van der Waals surface area contributed by atoms with Crippen molar-refractivity contribution in [3.05, 3.63) is 59.3 Å². The molecule has 1 aromatic heterocycles. The summed E-state index contributed by atoms with van der Waals surface area (Å²) < 4.78 is 47.8. The number of anilines is 5. The predicted molar refractivity (Wildman–Crippen MR) is 177 cm³/mol. The van der Waals surface area contributed by atoms with E-state index in [0.717, 1.165) is 57.3 Å². The molecule has 10 nitrogen and oxygen atoms in total. The maximum absolute atomic E-state index is 14.0. The van der Waals surface area contributed by atoms with Gasteiger partial charge in [0.1, 0.15) is 17.1 Å². The minimum atomic E-state index is -4.74. The monoisotopic (exact) mass is 665 g/mol. The minimum Gasteiger partial charge on any atom is -0.494 e. The quantitative estimate of drug-likeness (QED) is 0.240. The van der Waals surface area contributed by atoms with Gasteiger partial charge in [0, 0.05) is 57.2 Å². The van der Waals surface area contributed by atoms with E-state index in [1.807, 2.05) is 18.2 Å². The molecule has 2 unspecified atom stereocenters. The highest BCUT2D eigenvalue weighted by Gasteiger charge is 2.56. The number of aryl methyl sites for hydroxylation is 1. The van der Waals surface area contributed by atoms with Crippen LogP contribution in [0.25, 0.3) is 0 Å². The van der Waals surface area contributed by atoms with E-state index in [-0.39, 0.29) is 17.2 Å². The number of methoxy groups -OCH3 is 1. The van der Waals surface area contributed by atoms with Crippen molar-refractivity contribution in [2.75, 3.05) is 55.9 Å². The average Bonchev–Trinajstić information content (AvgIpc) is 3.04. The molecule has 13 heteroatoms.